The molecule has 3 N–H and O–H groups in total. The fourth-order valence-corrected chi connectivity index (χ4v) is 5.77. The number of hydrogen-bond donors (Lipinski definition) is 3. The highest BCUT2D eigenvalue weighted by Crippen LogP contribution is 2.40. The maximum absolute atomic E-state index is 14.1. The molecule has 3 atom stereocenters. The molecule has 2 saturated carbocycles. The van der Waals surface area contributed by atoms with E-state index in [1.807, 2.05) is 4.90 Å². The second-order valence-corrected chi connectivity index (χ2v) is 11.0. The summed E-state index contributed by atoms with van der Waals surface area (Å²) in [6, 6.07) is 2.86. The largest absolute Gasteiger partial charge is 0.345 e. The summed E-state index contributed by atoms with van der Waals surface area (Å²) in [7, 11) is 0. The molecule has 1 aromatic heterocycles. The van der Waals surface area contributed by atoms with E-state index >= 15 is 0 Å². The van der Waals surface area contributed by atoms with E-state index in [1.165, 1.54) is 6.07 Å². The van der Waals surface area contributed by atoms with Gasteiger partial charge in [0, 0.05) is 31.3 Å². The van der Waals surface area contributed by atoms with Crippen molar-refractivity contribution in [3.8, 4) is 0 Å². The molecule has 1 aromatic carbocycles. The van der Waals surface area contributed by atoms with Crippen molar-refractivity contribution >= 4 is 28.8 Å². The predicted molar refractivity (Wildman–Crippen MR) is 134 cm³/mol. The molecule has 0 spiro atoms. The summed E-state index contributed by atoms with van der Waals surface area (Å²) in [6.07, 6.45) is 3.12. The van der Waals surface area contributed by atoms with Gasteiger partial charge in [0.05, 0.1) is 18.0 Å². The molecule has 11 heteroatoms. The number of aromatic nitrogens is 2. The summed E-state index contributed by atoms with van der Waals surface area (Å²) in [5, 5.41) is 5.47. The first kappa shape index (κ1) is 26.5. The third kappa shape index (κ3) is 5.81. The lowest BCUT2D eigenvalue weighted by atomic mass is 9.86. The van der Waals surface area contributed by atoms with E-state index in [0.717, 1.165) is 25.7 Å². The Labute approximate surface area is 219 Å². The molecule has 2 aliphatic carbocycles. The van der Waals surface area contributed by atoms with E-state index in [0.29, 0.717) is 23.8 Å². The van der Waals surface area contributed by atoms with Crippen molar-refractivity contribution in [3.05, 3.63) is 29.8 Å². The Kier molecular flexibility index (Phi) is 7.37. The van der Waals surface area contributed by atoms with E-state index < -0.39 is 41.6 Å². The molecule has 3 fully saturated rings. The number of halogens is 3. The van der Waals surface area contributed by atoms with Gasteiger partial charge in [-0.1, -0.05) is 6.07 Å². The van der Waals surface area contributed by atoms with Crippen molar-refractivity contribution in [2.45, 2.75) is 88.8 Å². The summed E-state index contributed by atoms with van der Waals surface area (Å²) < 4.78 is 41.3. The molecule has 1 unspecified atom stereocenters. The van der Waals surface area contributed by atoms with Crippen LogP contribution in [0.25, 0.3) is 11.0 Å². The van der Waals surface area contributed by atoms with E-state index in [9.17, 15) is 27.6 Å². The molecule has 1 saturated heterocycles. The quantitative estimate of drug-likeness (QED) is 0.477. The highest BCUT2D eigenvalue weighted by Gasteiger charge is 2.42. The lowest BCUT2D eigenvalue weighted by molar-refractivity contribution is -0.138. The molecule has 0 bridgehead atoms. The third-order valence-corrected chi connectivity index (χ3v) is 8.14. The number of fused-ring (bicyclic) bond motifs is 1. The van der Waals surface area contributed by atoms with Gasteiger partial charge < -0.3 is 20.5 Å². The van der Waals surface area contributed by atoms with Gasteiger partial charge in [-0.15, -0.1) is 0 Å². The molecular formula is C27H34F3N5O3. The van der Waals surface area contributed by atoms with E-state index in [4.69, 9.17) is 0 Å². The van der Waals surface area contributed by atoms with Crippen molar-refractivity contribution in [3.63, 3.8) is 0 Å². The number of imidazole rings is 1. The Morgan fingerprint density at radius 2 is 1.87 bits per heavy atom. The van der Waals surface area contributed by atoms with Crippen molar-refractivity contribution in [2.24, 2.45) is 11.8 Å². The monoisotopic (exact) mass is 533 g/mol. The fourth-order valence-electron chi connectivity index (χ4n) is 5.77. The van der Waals surface area contributed by atoms with Crippen LogP contribution in [-0.4, -0.2) is 57.1 Å². The highest BCUT2D eigenvalue weighted by molar-refractivity contribution is 5.93. The second kappa shape index (κ2) is 10.6. The summed E-state index contributed by atoms with van der Waals surface area (Å²) in [5.41, 5.74) is 0.633. The Morgan fingerprint density at radius 1 is 1.13 bits per heavy atom. The second-order valence-electron chi connectivity index (χ2n) is 11.0. The van der Waals surface area contributed by atoms with Crippen LogP contribution < -0.4 is 10.6 Å². The Morgan fingerprint density at radius 3 is 2.55 bits per heavy atom. The Hall–Kier alpha value is -3.11. The SMILES string of the molecule is C[C@H](NC(=O)[C@H](CC(=O)N1CCCC1C1CC1)NC(=O)C1CCC(F)(F)CC1)c1nc2c(F)cccc2[nH]1. The maximum Gasteiger partial charge on any atom is 0.248 e. The van der Waals surface area contributed by atoms with Crippen molar-refractivity contribution in [1.82, 2.24) is 25.5 Å². The first-order chi connectivity index (χ1) is 18.1. The van der Waals surface area contributed by atoms with Crippen molar-refractivity contribution in [2.75, 3.05) is 6.54 Å². The number of carbonyl (C=O) groups is 3. The topological polar surface area (TPSA) is 107 Å². The van der Waals surface area contributed by atoms with E-state index in [2.05, 4.69) is 20.6 Å². The van der Waals surface area contributed by atoms with Crippen molar-refractivity contribution < 1.29 is 27.6 Å². The number of H-pyrrole nitrogens is 1. The van der Waals surface area contributed by atoms with Gasteiger partial charge >= 0.3 is 0 Å². The molecule has 206 valence electrons. The lowest BCUT2D eigenvalue weighted by Crippen LogP contribution is -2.52. The van der Waals surface area contributed by atoms with Gasteiger partial charge in [0.1, 0.15) is 17.4 Å². The van der Waals surface area contributed by atoms with Crippen LogP contribution in [0.4, 0.5) is 13.2 Å². The van der Waals surface area contributed by atoms with Crippen LogP contribution in [0.1, 0.15) is 76.6 Å². The number of nitrogens with zero attached hydrogens (tertiary/aromatic N) is 2. The number of hydrogen-bond acceptors (Lipinski definition) is 4. The van der Waals surface area contributed by atoms with E-state index in [-0.39, 0.29) is 49.6 Å². The molecule has 1 aliphatic heterocycles. The van der Waals surface area contributed by atoms with Gasteiger partial charge in [0.2, 0.25) is 23.6 Å². The van der Waals surface area contributed by atoms with Gasteiger partial charge in [0.25, 0.3) is 0 Å². The number of nitrogens with one attached hydrogen (secondary N) is 3. The van der Waals surface area contributed by atoms with Gasteiger partial charge in [-0.3, -0.25) is 14.4 Å². The average Bonchev–Trinajstić information content (AvgIpc) is 3.41. The molecule has 8 nitrogen and oxygen atoms in total. The van der Waals surface area contributed by atoms with Crippen LogP contribution >= 0.6 is 0 Å². The zero-order valence-electron chi connectivity index (χ0n) is 21.4. The minimum absolute atomic E-state index is 0.0257. The summed E-state index contributed by atoms with van der Waals surface area (Å²) >= 11 is 0. The van der Waals surface area contributed by atoms with Crippen LogP contribution in [-0.2, 0) is 14.4 Å². The number of benzene rings is 1. The molecule has 2 aromatic rings. The van der Waals surface area contributed by atoms with Crippen LogP contribution in [0, 0.1) is 17.7 Å². The van der Waals surface area contributed by atoms with Crippen LogP contribution in [0.15, 0.2) is 18.2 Å². The number of para-hydroxylation sites is 1. The summed E-state index contributed by atoms with van der Waals surface area (Å²) in [6.45, 7) is 2.29. The van der Waals surface area contributed by atoms with Crippen molar-refractivity contribution in [1.29, 1.82) is 0 Å². The van der Waals surface area contributed by atoms with Gasteiger partial charge in [0.15, 0.2) is 5.82 Å². The van der Waals surface area contributed by atoms with Gasteiger partial charge in [-0.05, 0) is 63.5 Å². The highest BCUT2D eigenvalue weighted by atomic mass is 19.3. The minimum Gasteiger partial charge on any atom is -0.345 e. The first-order valence-corrected chi connectivity index (χ1v) is 13.5. The number of aromatic amines is 1. The van der Waals surface area contributed by atoms with Gasteiger partial charge in [-0.2, -0.15) is 0 Å². The average molecular weight is 534 g/mol. The predicted octanol–water partition coefficient (Wildman–Crippen LogP) is 3.98. The molecular weight excluding hydrogens is 499 g/mol. The minimum atomic E-state index is -2.78. The normalized spacial score (nSPS) is 23.3. The smallest absolute Gasteiger partial charge is 0.248 e. The number of carbonyl (C=O) groups excluding carboxylic acids is 3. The molecule has 5 rings (SSSR count). The zero-order valence-corrected chi connectivity index (χ0v) is 21.4. The molecule has 3 amide bonds. The van der Waals surface area contributed by atoms with Crippen LogP contribution in [0.3, 0.4) is 0 Å². The lowest BCUT2D eigenvalue weighted by Gasteiger charge is -2.30. The van der Waals surface area contributed by atoms with E-state index in [1.54, 1.807) is 19.1 Å². The number of rotatable bonds is 8. The number of amides is 3. The van der Waals surface area contributed by atoms with Gasteiger partial charge in [-0.25, -0.2) is 18.2 Å². The first-order valence-electron chi connectivity index (χ1n) is 13.5. The number of alkyl halides is 2. The standard InChI is InChI=1S/C27H34F3N5O3/c1-15(24-32-19-5-2-4-18(28)23(19)34-24)31-26(38)20(33-25(37)17-9-11-27(29,30)12-10-17)14-22(36)35-13-3-6-21(35)16-7-8-16/h2,4-5,15-17,20-21H,3,6-14H2,1H3,(H,31,38)(H,32,34)(H,33,37)/t15-,20-,21?/m0/s1. The Balaban J connectivity index is 1.29. The molecule has 2 heterocycles. The Bertz CT molecular complexity index is 1200. The maximum atomic E-state index is 14.1. The number of likely N-dealkylation sites (tertiary alicyclic amines) is 1. The van der Waals surface area contributed by atoms with Crippen LogP contribution in [0.2, 0.25) is 0 Å². The molecule has 3 aliphatic rings. The van der Waals surface area contributed by atoms with Crippen LogP contribution in [0.5, 0.6) is 0 Å². The molecule has 0 radical (unpaired) electrons. The summed E-state index contributed by atoms with van der Waals surface area (Å²) in [4.78, 5) is 48.7. The summed E-state index contributed by atoms with van der Waals surface area (Å²) in [5.74, 6) is -4.35. The molecule has 38 heavy (non-hydrogen) atoms. The zero-order chi connectivity index (χ0) is 27.0. The third-order valence-electron chi connectivity index (χ3n) is 8.14. The fraction of sp³-hybridized carbons (Fsp3) is 0.630.